The minimum absolute atomic E-state index is 0.177. The summed E-state index contributed by atoms with van der Waals surface area (Å²) >= 11 is 0. The van der Waals surface area contributed by atoms with E-state index in [2.05, 4.69) is 4.98 Å². The first kappa shape index (κ1) is 12.0. The smallest absolute Gasteiger partial charge is 0.294 e. The molecule has 3 aromatic rings. The number of amides is 1. The summed E-state index contributed by atoms with van der Waals surface area (Å²) in [5.41, 5.74) is 1.38. The van der Waals surface area contributed by atoms with Crippen LogP contribution in [0, 0.1) is 0 Å². The number of para-hydroxylation sites is 1. The van der Waals surface area contributed by atoms with Gasteiger partial charge < -0.3 is 9.15 Å². The first-order valence-corrected chi connectivity index (χ1v) is 6.71. The number of aromatic nitrogens is 1. The molecule has 0 unspecified atom stereocenters. The lowest BCUT2D eigenvalue weighted by Gasteiger charge is -2.27. The van der Waals surface area contributed by atoms with Crippen LogP contribution in [0.2, 0.25) is 0 Å². The number of carbonyl (C=O) groups excluding carboxylic acids is 1. The molecule has 0 atom stereocenters. The van der Waals surface area contributed by atoms with Crippen LogP contribution < -0.4 is 9.64 Å². The molecule has 1 aliphatic rings. The molecule has 0 spiro atoms. The summed E-state index contributed by atoms with van der Waals surface area (Å²) in [6, 6.07) is 12.9. The normalized spacial score (nSPS) is 13.8. The molecule has 5 heteroatoms. The first-order valence-electron chi connectivity index (χ1n) is 6.71. The third-order valence-electron chi connectivity index (χ3n) is 3.48. The van der Waals surface area contributed by atoms with Gasteiger partial charge in [0.05, 0.1) is 6.54 Å². The van der Waals surface area contributed by atoms with Gasteiger partial charge in [0, 0.05) is 11.6 Å². The van der Waals surface area contributed by atoms with Crippen LogP contribution in [0.4, 0.5) is 5.69 Å². The number of rotatable bonds is 1. The number of nitrogens with zero attached hydrogens (tertiary/aromatic N) is 2. The second-order valence-electron chi connectivity index (χ2n) is 4.78. The predicted molar refractivity (Wildman–Crippen MR) is 77.6 cm³/mol. The van der Waals surface area contributed by atoms with Crippen molar-refractivity contribution in [1.29, 1.82) is 0 Å². The summed E-state index contributed by atoms with van der Waals surface area (Å²) in [6.07, 6.45) is 1.65. The van der Waals surface area contributed by atoms with Crippen molar-refractivity contribution >= 4 is 22.6 Å². The Morgan fingerprint density at radius 3 is 3.00 bits per heavy atom. The number of pyridine rings is 1. The lowest BCUT2D eigenvalue weighted by atomic mass is 10.2. The minimum atomic E-state index is -0.177. The number of furan rings is 1. The summed E-state index contributed by atoms with van der Waals surface area (Å²) < 4.78 is 11.1. The summed E-state index contributed by atoms with van der Waals surface area (Å²) in [7, 11) is 0. The van der Waals surface area contributed by atoms with E-state index in [1.165, 1.54) is 0 Å². The summed E-state index contributed by atoms with van der Waals surface area (Å²) in [4.78, 5) is 18.5. The van der Waals surface area contributed by atoms with Crippen molar-refractivity contribution in [1.82, 2.24) is 4.98 Å². The lowest BCUT2D eigenvalue weighted by molar-refractivity contribution is 0.0951. The van der Waals surface area contributed by atoms with Gasteiger partial charge in [-0.05, 0) is 24.3 Å². The van der Waals surface area contributed by atoms with Gasteiger partial charge in [0.15, 0.2) is 5.76 Å². The van der Waals surface area contributed by atoms with Crippen molar-refractivity contribution < 1.29 is 13.9 Å². The highest BCUT2D eigenvalue weighted by atomic mass is 16.5. The van der Waals surface area contributed by atoms with E-state index in [0.717, 1.165) is 5.39 Å². The fourth-order valence-electron chi connectivity index (χ4n) is 2.48. The van der Waals surface area contributed by atoms with Crippen molar-refractivity contribution in [2.24, 2.45) is 0 Å². The maximum absolute atomic E-state index is 12.7. The van der Waals surface area contributed by atoms with Crippen LogP contribution in [0.1, 0.15) is 10.6 Å². The van der Waals surface area contributed by atoms with Gasteiger partial charge in [-0.3, -0.25) is 9.69 Å². The Morgan fingerprint density at radius 1 is 1.19 bits per heavy atom. The van der Waals surface area contributed by atoms with Crippen molar-refractivity contribution in [2.75, 3.05) is 18.1 Å². The maximum Gasteiger partial charge on any atom is 0.294 e. The van der Waals surface area contributed by atoms with Gasteiger partial charge in [-0.25, -0.2) is 4.98 Å². The number of fused-ring (bicyclic) bond motifs is 2. The molecule has 0 radical (unpaired) electrons. The third-order valence-corrected chi connectivity index (χ3v) is 3.48. The molecule has 3 heterocycles. The molecule has 5 nitrogen and oxygen atoms in total. The third kappa shape index (κ3) is 1.94. The second-order valence-corrected chi connectivity index (χ2v) is 4.78. The molecule has 0 N–H and O–H groups in total. The molecule has 104 valence electrons. The van der Waals surface area contributed by atoms with E-state index in [1.807, 2.05) is 30.3 Å². The summed E-state index contributed by atoms with van der Waals surface area (Å²) in [5.74, 6) is 0.630. The molecule has 0 saturated heterocycles. The molecule has 4 rings (SSSR count). The van der Waals surface area contributed by atoms with Gasteiger partial charge >= 0.3 is 0 Å². The molecular formula is C16H12N2O3. The zero-order valence-corrected chi connectivity index (χ0v) is 11.2. The standard InChI is InChI=1S/C16H12N2O3/c19-16(14-10-11-4-1-2-6-13(11)21-14)18-8-9-20-15-12(18)5-3-7-17-15/h1-7,10H,8-9H2. The molecule has 21 heavy (non-hydrogen) atoms. The Hall–Kier alpha value is -2.82. The van der Waals surface area contributed by atoms with Crippen molar-refractivity contribution in [3.8, 4) is 5.88 Å². The zero-order valence-electron chi connectivity index (χ0n) is 11.2. The fraction of sp³-hybridized carbons (Fsp3) is 0.125. The Morgan fingerprint density at radius 2 is 2.10 bits per heavy atom. The molecule has 0 saturated carbocycles. The predicted octanol–water partition coefficient (Wildman–Crippen LogP) is 2.87. The number of ether oxygens (including phenoxy) is 1. The molecule has 1 aliphatic heterocycles. The van der Waals surface area contributed by atoms with Crippen LogP contribution >= 0.6 is 0 Å². The van der Waals surface area contributed by atoms with E-state index in [0.29, 0.717) is 36.1 Å². The summed E-state index contributed by atoms with van der Waals surface area (Å²) in [6.45, 7) is 0.907. The SMILES string of the molecule is O=C(c1cc2ccccc2o1)N1CCOc2ncccc21. The van der Waals surface area contributed by atoms with Gasteiger partial charge in [-0.2, -0.15) is 0 Å². The number of carbonyl (C=O) groups is 1. The summed E-state index contributed by atoms with van der Waals surface area (Å²) in [5, 5.41) is 0.917. The second kappa shape index (κ2) is 4.63. The van der Waals surface area contributed by atoms with E-state index in [-0.39, 0.29) is 5.91 Å². The van der Waals surface area contributed by atoms with Gasteiger partial charge in [-0.1, -0.05) is 18.2 Å². The Bertz CT molecular complexity index is 792. The largest absolute Gasteiger partial charge is 0.474 e. The molecule has 2 aromatic heterocycles. The molecule has 0 bridgehead atoms. The van der Waals surface area contributed by atoms with Crippen LogP contribution in [0.25, 0.3) is 11.0 Å². The number of anilines is 1. The number of benzene rings is 1. The van der Waals surface area contributed by atoms with Crippen LogP contribution in [0.5, 0.6) is 5.88 Å². The minimum Gasteiger partial charge on any atom is -0.474 e. The van der Waals surface area contributed by atoms with Crippen LogP contribution in [-0.4, -0.2) is 24.0 Å². The Balaban J connectivity index is 1.75. The van der Waals surface area contributed by atoms with Gasteiger partial charge in [0.2, 0.25) is 5.88 Å². The molecule has 1 aromatic carbocycles. The Labute approximate surface area is 120 Å². The molecule has 1 amide bonds. The van der Waals surface area contributed by atoms with Crippen LogP contribution in [0.3, 0.4) is 0 Å². The van der Waals surface area contributed by atoms with E-state index in [4.69, 9.17) is 9.15 Å². The topological polar surface area (TPSA) is 55.6 Å². The Kier molecular flexibility index (Phi) is 2.64. The van der Waals surface area contributed by atoms with Gasteiger partial charge in [0.25, 0.3) is 5.91 Å². The van der Waals surface area contributed by atoms with Gasteiger partial charge in [0.1, 0.15) is 17.9 Å². The highest BCUT2D eigenvalue weighted by molar-refractivity contribution is 6.07. The maximum atomic E-state index is 12.7. The quantitative estimate of drug-likeness (QED) is 0.687. The highest BCUT2D eigenvalue weighted by Gasteiger charge is 2.27. The average molecular weight is 280 g/mol. The average Bonchev–Trinajstić information content (AvgIpc) is 2.97. The van der Waals surface area contributed by atoms with E-state index >= 15 is 0 Å². The first-order chi connectivity index (χ1) is 10.3. The molecule has 0 aliphatic carbocycles. The lowest BCUT2D eigenvalue weighted by Crippen LogP contribution is -2.38. The number of hydrogen-bond acceptors (Lipinski definition) is 4. The van der Waals surface area contributed by atoms with Crippen LogP contribution in [0.15, 0.2) is 53.1 Å². The zero-order chi connectivity index (χ0) is 14.2. The van der Waals surface area contributed by atoms with E-state index in [9.17, 15) is 4.79 Å². The highest BCUT2D eigenvalue weighted by Crippen LogP contribution is 2.30. The van der Waals surface area contributed by atoms with Crippen molar-refractivity contribution in [3.05, 3.63) is 54.4 Å². The van der Waals surface area contributed by atoms with Crippen molar-refractivity contribution in [2.45, 2.75) is 0 Å². The monoisotopic (exact) mass is 280 g/mol. The fourth-order valence-corrected chi connectivity index (χ4v) is 2.48. The van der Waals surface area contributed by atoms with E-state index < -0.39 is 0 Å². The molecular weight excluding hydrogens is 268 g/mol. The van der Waals surface area contributed by atoms with Crippen LogP contribution in [-0.2, 0) is 0 Å². The van der Waals surface area contributed by atoms with Crippen molar-refractivity contribution in [3.63, 3.8) is 0 Å². The van der Waals surface area contributed by atoms with E-state index in [1.54, 1.807) is 23.2 Å². The molecule has 0 fully saturated rings. The number of hydrogen-bond donors (Lipinski definition) is 0. The van der Waals surface area contributed by atoms with Gasteiger partial charge in [-0.15, -0.1) is 0 Å².